The van der Waals surface area contributed by atoms with Crippen LogP contribution < -0.4 is 5.32 Å². The fourth-order valence-electron chi connectivity index (χ4n) is 3.06. The summed E-state index contributed by atoms with van der Waals surface area (Å²) in [6.07, 6.45) is 1.14. The van der Waals surface area contributed by atoms with Crippen molar-refractivity contribution in [1.29, 1.82) is 0 Å². The molecule has 0 radical (unpaired) electrons. The molecule has 0 bridgehead atoms. The Morgan fingerprint density at radius 2 is 1.90 bits per heavy atom. The van der Waals surface area contributed by atoms with Gasteiger partial charge in [-0.2, -0.15) is 0 Å². The molecule has 2 aromatic carbocycles. The van der Waals surface area contributed by atoms with Gasteiger partial charge in [-0.05, 0) is 36.2 Å². The van der Waals surface area contributed by atoms with Gasteiger partial charge in [-0.3, -0.25) is 4.99 Å². The summed E-state index contributed by atoms with van der Waals surface area (Å²) in [6, 6.07) is 15.7. The van der Waals surface area contributed by atoms with Crippen LogP contribution in [0.1, 0.15) is 23.7 Å². The minimum absolute atomic E-state index is 0.0690. The van der Waals surface area contributed by atoms with Crippen molar-refractivity contribution in [2.75, 3.05) is 18.4 Å². The third kappa shape index (κ3) is 2.03. The third-order valence-electron chi connectivity index (χ3n) is 4.07. The number of amidine groups is 1. The SMILES string of the molecule is Oc1ccc([C@@H]2Nc3ccccc3C3=NCCCN32)cc1. The highest BCUT2D eigenvalue weighted by atomic mass is 16.3. The quantitative estimate of drug-likeness (QED) is 0.843. The van der Waals surface area contributed by atoms with Gasteiger partial charge < -0.3 is 15.3 Å². The van der Waals surface area contributed by atoms with Crippen LogP contribution in [0.5, 0.6) is 5.75 Å². The largest absolute Gasteiger partial charge is 0.508 e. The molecule has 2 heterocycles. The van der Waals surface area contributed by atoms with Crippen LogP contribution in [0.4, 0.5) is 5.69 Å². The van der Waals surface area contributed by atoms with E-state index in [0.717, 1.165) is 36.6 Å². The minimum atomic E-state index is 0.0690. The van der Waals surface area contributed by atoms with E-state index in [0.29, 0.717) is 5.75 Å². The smallest absolute Gasteiger partial charge is 0.134 e. The Morgan fingerprint density at radius 3 is 2.76 bits per heavy atom. The summed E-state index contributed by atoms with van der Waals surface area (Å²) < 4.78 is 0. The normalized spacial score (nSPS) is 20.1. The fraction of sp³-hybridized carbons (Fsp3) is 0.235. The van der Waals surface area contributed by atoms with Crippen LogP contribution in [0, 0.1) is 0 Å². The first kappa shape index (κ1) is 12.3. The fourth-order valence-corrected chi connectivity index (χ4v) is 3.06. The summed E-state index contributed by atoms with van der Waals surface area (Å²) in [5.41, 5.74) is 3.43. The number of aromatic hydroxyl groups is 1. The second-order valence-electron chi connectivity index (χ2n) is 5.44. The van der Waals surface area contributed by atoms with Gasteiger partial charge in [0.25, 0.3) is 0 Å². The average molecular weight is 279 g/mol. The maximum atomic E-state index is 9.49. The van der Waals surface area contributed by atoms with Crippen LogP contribution in [0.2, 0.25) is 0 Å². The second kappa shape index (κ2) is 4.81. The van der Waals surface area contributed by atoms with E-state index in [1.54, 1.807) is 12.1 Å². The number of benzene rings is 2. The minimum Gasteiger partial charge on any atom is -0.508 e. The lowest BCUT2D eigenvalue weighted by molar-refractivity contribution is 0.322. The molecule has 4 nitrogen and oxygen atoms in total. The summed E-state index contributed by atoms with van der Waals surface area (Å²) in [7, 11) is 0. The Morgan fingerprint density at radius 1 is 1.10 bits per heavy atom. The molecule has 1 atom stereocenters. The number of phenols is 1. The zero-order valence-electron chi connectivity index (χ0n) is 11.7. The number of nitrogens with zero attached hydrogens (tertiary/aromatic N) is 2. The van der Waals surface area contributed by atoms with Crippen molar-refractivity contribution in [3.63, 3.8) is 0 Å². The number of fused-ring (bicyclic) bond motifs is 3. The highest BCUT2D eigenvalue weighted by molar-refractivity contribution is 6.05. The summed E-state index contributed by atoms with van der Waals surface area (Å²) in [6.45, 7) is 1.88. The average Bonchev–Trinajstić information content (AvgIpc) is 2.55. The van der Waals surface area contributed by atoms with Gasteiger partial charge >= 0.3 is 0 Å². The van der Waals surface area contributed by atoms with Gasteiger partial charge in [0.15, 0.2) is 0 Å². The summed E-state index contributed by atoms with van der Waals surface area (Å²) >= 11 is 0. The van der Waals surface area contributed by atoms with Crippen molar-refractivity contribution in [1.82, 2.24) is 4.90 Å². The number of hydrogen-bond acceptors (Lipinski definition) is 4. The molecule has 4 rings (SSSR count). The molecule has 0 saturated carbocycles. The molecule has 0 amide bonds. The van der Waals surface area contributed by atoms with E-state index in [1.165, 1.54) is 5.56 Å². The van der Waals surface area contributed by atoms with E-state index < -0.39 is 0 Å². The summed E-state index contributed by atoms with van der Waals surface area (Å²) in [4.78, 5) is 7.06. The van der Waals surface area contributed by atoms with E-state index in [1.807, 2.05) is 18.2 Å². The molecule has 0 fully saturated rings. The molecule has 0 aliphatic carbocycles. The number of phenolic OH excluding ortho intramolecular Hbond substituents is 1. The topological polar surface area (TPSA) is 47.9 Å². The first-order valence-corrected chi connectivity index (χ1v) is 7.29. The van der Waals surface area contributed by atoms with Gasteiger partial charge in [-0.15, -0.1) is 0 Å². The van der Waals surface area contributed by atoms with Gasteiger partial charge in [-0.1, -0.05) is 24.3 Å². The number of aliphatic imine (C=N–C) groups is 1. The zero-order chi connectivity index (χ0) is 14.2. The number of nitrogens with one attached hydrogen (secondary N) is 1. The molecule has 2 aliphatic heterocycles. The van der Waals surface area contributed by atoms with Crippen molar-refractivity contribution in [3.05, 3.63) is 59.7 Å². The molecular formula is C17H17N3O. The molecule has 2 aliphatic rings. The van der Waals surface area contributed by atoms with E-state index in [4.69, 9.17) is 4.99 Å². The van der Waals surface area contributed by atoms with Crippen LogP contribution in [0.15, 0.2) is 53.5 Å². The Kier molecular flexibility index (Phi) is 2.81. The van der Waals surface area contributed by atoms with Crippen LogP contribution in [0.25, 0.3) is 0 Å². The lowest BCUT2D eigenvalue weighted by Gasteiger charge is -2.42. The van der Waals surface area contributed by atoms with Crippen molar-refractivity contribution >= 4 is 11.5 Å². The van der Waals surface area contributed by atoms with Gasteiger partial charge in [-0.25, -0.2) is 0 Å². The van der Waals surface area contributed by atoms with Crippen molar-refractivity contribution in [2.45, 2.75) is 12.6 Å². The molecule has 0 saturated heterocycles. The maximum absolute atomic E-state index is 9.49. The van der Waals surface area contributed by atoms with E-state index in [-0.39, 0.29) is 6.17 Å². The van der Waals surface area contributed by atoms with E-state index in [2.05, 4.69) is 28.4 Å². The summed E-state index contributed by atoms with van der Waals surface area (Å²) in [5, 5.41) is 13.1. The lowest BCUT2D eigenvalue weighted by Crippen LogP contribution is -2.45. The molecule has 2 aromatic rings. The second-order valence-corrected chi connectivity index (χ2v) is 5.44. The van der Waals surface area contributed by atoms with Gasteiger partial charge in [0, 0.05) is 24.3 Å². The maximum Gasteiger partial charge on any atom is 0.134 e. The van der Waals surface area contributed by atoms with Crippen LogP contribution in [-0.4, -0.2) is 28.9 Å². The van der Waals surface area contributed by atoms with Crippen LogP contribution >= 0.6 is 0 Å². The molecule has 0 unspecified atom stereocenters. The highest BCUT2D eigenvalue weighted by Crippen LogP contribution is 2.35. The molecule has 106 valence electrons. The molecule has 21 heavy (non-hydrogen) atoms. The number of anilines is 1. The molecule has 0 aromatic heterocycles. The Balaban J connectivity index is 1.81. The van der Waals surface area contributed by atoms with Crippen molar-refractivity contribution in [3.8, 4) is 5.75 Å². The van der Waals surface area contributed by atoms with Crippen LogP contribution in [0.3, 0.4) is 0 Å². The van der Waals surface area contributed by atoms with Crippen LogP contribution in [-0.2, 0) is 0 Å². The first-order chi connectivity index (χ1) is 10.3. The zero-order valence-corrected chi connectivity index (χ0v) is 11.7. The van der Waals surface area contributed by atoms with Crippen molar-refractivity contribution < 1.29 is 5.11 Å². The van der Waals surface area contributed by atoms with Gasteiger partial charge in [0.2, 0.25) is 0 Å². The Hall–Kier alpha value is -2.49. The molecule has 4 heteroatoms. The number of para-hydroxylation sites is 1. The number of rotatable bonds is 1. The third-order valence-corrected chi connectivity index (χ3v) is 4.07. The number of hydrogen-bond donors (Lipinski definition) is 2. The predicted octanol–water partition coefficient (Wildman–Crippen LogP) is 2.97. The first-order valence-electron chi connectivity index (χ1n) is 7.29. The van der Waals surface area contributed by atoms with E-state index >= 15 is 0 Å². The standard InChI is InChI=1S/C17H17N3O/c21-13-8-6-12(7-9-13)16-19-15-5-2-1-4-14(15)17-18-10-3-11-20(16)17/h1-2,4-9,16,19,21H,3,10-11H2/t16-/m1/s1. The predicted molar refractivity (Wildman–Crippen MR) is 83.6 cm³/mol. The van der Waals surface area contributed by atoms with Crippen molar-refractivity contribution in [2.24, 2.45) is 4.99 Å². The van der Waals surface area contributed by atoms with Gasteiger partial charge in [0.1, 0.15) is 17.8 Å². The highest BCUT2D eigenvalue weighted by Gasteiger charge is 2.32. The van der Waals surface area contributed by atoms with Gasteiger partial charge in [0.05, 0.1) is 0 Å². The molecule has 2 N–H and O–H groups in total. The molecule has 0 spiro atoms. The Bertz CT molecular complexity index is 693. The molecular weight excluding hydrogens is 262 g/mol. The van der Waals surface area contributed by atoms with E-state index in [9.17, 15) is 5.11 Å². The lowest BCUT2D eigenvalue weighted by atomic mass is 10.0. The summed E-state index contributed by atoms with van der Waals surface area (Å²) in [5.74, 6) is 1.37. The monoisotopic (exact) mass is 279 g/mol. The Labute approximate surface area is 123 Å².